The van der Waals surface area contributed by atoms with Gasteiger partial charge in [-0.3, -0.25) is 24.1 Å². The van der Waals surface area contributed by atoms with Gasteiger partial charge in [-0.2, -0.15) is 0 Å². The fraction of sp³-hybridized carbons (Fsp3) is 0.273. The second-order valence-electron chi connectivity index (χ2n) is 7.59. The lowest BCUT2D eigenvalue weighted by molar-refractivity contribution is -0.132. The number of nitrogens with one attached hydrogen (secondary N) is 1. The van der Waals surface area contributed by atoms with E-state index in [-0.39, 0.29) is 30.8 Å². The lowest BCUT2D eigenvalue weighted by atomic mass is 10.0. The number of likely N-dealkylation sites (tertiary alicyclic amines) is 1. The van der Waals surface area contributed by atoms with Crippen molar-refractivity contribution in [3.63, 3.8) is 0 Å². The number of benzene rings is 2. The molecule has 1 saturated heterocycles. The largest absolute Gasteiger partial charge is 0.349 e. The number of nitrogens with zero attached hydrogens (tertiary/aromatic N) is 2. The first-order chi connectivity index (χ1) is 15.3. The summed E-state index contributed by atoms with van der Waals surface area (Å²) in [4.78, 5) is 52.1. The van der Waals surface area contributed by atoms with Crippen LogP contribution in [0.25, 0.3) is 0 Å². The molecule has 0 radical (unpaired) electrons. The van der Waals surface area contributed by atoms with Crippen molar-refractivity contribution in [3.8, 4) is 0 Å². The smallest absolute Gasteiger partial charge is 0.262 e. The van der Waals surface area contributed by atoms with Crippen LogP contribution in [0.4, 0.5) is 13.2 Å². The van der Waals surface area contributed by atoms with E-state index in [1.807, 2.05) is 0 Å². The van der Waals surface area contributed by atoms with Crippen molar-refractivity contribution in [2.45, 2.75) is 18.9 Å². The van der Waals surface area contributed by atoms with Gasteiger partial charge in [-0.05, 0) is 37.1 Å². The predicted molar refractivity (Wildman–Crippen MR) is 105 cm³/mol. The Morgan fingerprint density at radius 2 is 1.50 bits per heavy atom. The average Bonchev–Trinajstić information content (AvgIpc) is 3.03. The van der Waals surface area contributed by atoms with Gasteiger partial charge in [0.1, 0.15) is 6.54 Å². The molecule has 2 aliphatic heterocycles. The van der Waals surface area contributed by atoms with E-state index in [0.717, 1.165) is 11.0 Å². The standard InChI is InChI=1S/C22H18F3N3O4/c23-16-6-5-15(18(24)19(16)25)20(30)26-12-7-9-27(10-8-12)17(29)11-28-21(31)13-3-1-2-4-14(13)22(28)32/h1-6,12H,7-11H2,(H,26,30). The van der Waals surface area contributed by atoms with Crippen molar-refractivity contribution >= 4 is 23.6 Å². The highest BCUT2D eigenvalue weighted by Crippen LogP contribution is 2.23. The minimum atomic E-state index is -1.72. The summed E-state index contributed by atoms with van der Waals surface area (Å²) in [5.74, 6) is -6.98. The quantitative estimate of drug-likeness (QED) is 0.577. The molecule has 0 saturated carbocycles. The van der Waals surface area contributed by atoms with Gasteiger partial charge in [0.2, 0.25) is 5.91 Å². The summed E-state index contributed by atoms with van der Waals surface area (Å²) < 4.78 is 40.2. The van der Waals surface area contributed by atoms with E-state index in [2.05, 4.69) is 5.32 Å². The van der Waals surface area contributed by atoms with Gasteiger partial charge in [0, 0.05) is 19.1 Å². The summed E-state index contributed by atoms with van der Waals surface area (Å²) in [5.41, 5.74) is -0.0830. The number of amides is 4. The number of piperidine rings is 1. The Hall–Kier alpha value is -3.69. The van der Waals surface area contributed by atoms with Crippen LogP contribution in [0.15, 0.2) is 36.4 Å². The van der Waals surface area contributed by atoms with Crippen molar-refractivity contribution < 1.29 is 32.3 Å². The number of imide groups is 1. The van der Waals surface area contributed by atoms with E-state index >= 15 is 0 Å². The molecule has 0 bridgehead atoms. The monoisotopic (exact) mass is 445 g/mol. The van der Waals surface area contributed by atoms with Crippen LogP contribution >= 0.6 is 0 Å². The van der Waals surface area contributed by atoms with Gasteiger partial charge in [-0.15, -0.1) is 0 Å². The molecule has 10 heteroatoms. The summed E-state index contributed by atoms with van der Waals surface area (Å²) in [5, 5.41) is 2.56. The van der Waals surface area contributed by atoms with Crippen LogP contribution in [0.1, 0.15) is 43.9 Å². The topological polar surface area (TPSA) is 86.8 Å². The van der Waals surface area contributed by atoms with E-state index < -0.39 is 52.7 Å². The lowest BCUT2D eigenvalue weighted by Crippen LogP contribution is -2.49. The SMILES string of the molecule is O=C(NC1CCN(C(=O)CN2C(=O)c3ccccc3C2=O)CC1)c1ccc(F)c(F)c1F. The van der Waals surface area contributed by atoms with E-state index in [1.165, 1.54) is 17.0 Å². The van der Waals surface area contributed by atoms with Crippen LogP contribution in [0.5, 0.6) is 0 Å². The van der Waals surface area contributed by atoms with Crippen LogP contribution in [-0.2, 0) is 4.79 Å². The molecule has 0 atom stereocenters. The zero-order chi connectivity index (χ0) is 23.0. The minimum absolute atomic E-state index is 0.243. The third kappa shape index (κ3) is 3.83. The zero-order valence-corrected chi connectivity index (χ0v) is 16.7. The highest BCUT2D eigenvalue weighted by Gasteiger charge is 2.37. The molecule has 2 heterocycles. The van der Waals surface area contributed by atoms with Crippen molar-refractivity contribution in [1.82, 2.24) is 15.1 Å². The van der Waals surface area contributed by atoms with E-state index in [0.29, 0.717) is 18.9 Å². The Morgan fingerprint density at radius 1 is 0.906 bits per heavy atom. The Bertz CT molecular complexity index is 1090. The fourth-order valence-corrected chi connectivity index (χ4v) is 3.86. The Balaban J connectivity index is 1.32. The third-order valence-corrected chi connectivity index (χ3v) is 5.63. The molecule has 7 nitrogen and oxygen atoms in total. The molecular weight excluding hydrogens is 427 g/mol. The number of rotatable bonds is 4. The molecule has 1 fully saturated rings. The third-order valence-electron chi connectivity index (χ3n) is 5.63. The summed E-state index contributed by atoms with van der Waals surface area (Å²) in [7, 11) is 0. The molecule has 0 aliphatic carbocycles. The van der Waals surface area contributed by atoms with Gasteiger partial charge >= 0.3 is 0 Å². The van der Waals surface area contributed by atoms with Crippen LogP contribution in [-0.4, -0.2) is 59.1 Å². The van der Waals surface area contributed by atoms with Gasteiger partial charge in [0.15, 0.2) is 17.5 Å². The maximum atomic E-state index is 13.8. The first-order valence-electron chi connectivity index (χ1n) is 9.95. The number of fused-ring (bicyclic) bond motifs is 1. The summed E-state index contributed by atoms with van der Waals surface area (Å²) in [6.07, 6.45) is 0.676. The number of carbonyl (C=O) groups is 4. The number of hydrogen-bond acceptors (Lipinski definition) is 4. The van der Waals surface area contributed by atoms with Crippen molar-refractivity contribution in [2.24, 2.45) is 0 Å². The molecule has 4 rings (SSSR count). The molecule has 4 amide bonds. The number of halogens is 3. The molecule has 2 aromatic rings. The van der Waals surface area contributed by atoms with Crippen molar-refractivity contribution in [1.29, 1.82) is 0 Å². The fourth-order valence-electron chi connectivity index (χ4n) is 3.86. The maximum absolute atomic E-state index is 13.8. The molecule has 0 unspecified atom stereocenters. The highest BCUT2D eigenvalue weighted by atomic mass is 19.2. The van der Waals surface area contributed by atoms with Crippen LogP contribution in [0, 0.1) is 17.5 Å². The molecule has 0 spiro atoms. The van der Waals surface area contributed by atoms with Crippen LogP contribution < -0.4 is 5.32 Å². The summed E-state index contributed by atoms with van der Waals surface area (Å²) in [6, 6.07) is 7.48. The predicted octanol–water partition coefficient (Wildman–Crippen LogP) is 2.12. The molecule has 2 aromatic carbocycles. The van der Waals surface area contributed by atoms with Crippen LogP contribution in [0.3, 0.4) is 0 Å². The van der Waals surface area contributed by atoms with Gasteiger partial charge < -0.3 is 10.2 Å². The van der Waals surface area contributed by atoms with Crippen LogP contribution in [0.2, 0.25) is 0 Å². The average molecular weight is 445 g/mol. The lowest BCUT2D eigenvalue weighted by Gasteiger charge is -2.33. The Labute approximate surface area is 180 Å². The Morgan fingerprint density at radius 3 is 2.09 bits per heavy atom. The number of carbonyl (C=O) groups excluding carboxylic acids is 4. The van der Waals surface area contributed by atoms with Gasteiger partial charge in [0.05, 0.1) is 16.7 Å². The molecule has 0 aromatic heterocycles. The summed E-state index contributed by atoms with van der Waals surface area (Å²) >= 11 is 0. The molecular formula is C22H18F3N3O4. The molecule has 32 heavy (non-hydrogen) atoms. The van der Waals surface area contributed by atoms with E-state index in [4.69, 9.17) is 0 Å². The van der Waals surface area contributed by atoms with E-state index in [1.54, 1.807) is 12.1 Å². The minimum Gasteiger partial charge on any atom is -0.349 e. The van der Waals surface area contributed by atoms with Gasteiger partial charge in [-0.25, -0.2) is 13.2 Å². The van der Waals surface area contributed by atoms with Crippen molar-refractivity contribution in [3.05, 3.63) is 70.5 Å². The second kappa shape index (κ2) is 8.45. The normalized spacial score (nSPS) is 16.3. The van der Waals surface area contributed by atoms with Crippen molar-refractivity contribution in [2.75, 3.05) is 19.6 Å². The first-order valence-corrected chi connectivity index (χ1v) is 9.95. The Kier molecular flexibility index (Phi) is 5.68. The molecule has 2 aliphatic rings. The maximum Gasteiger partial charge on any atom is 0.262 e. The second-order valence-corrected chi connectivity index (χ2v) is 7.59. The highest BCUT2D eigenvalue weighted by molar-refractivity contribution is 6.22. The van der Waals surface area contributed by atoms with Gasteiger partial charge in [-0.1, -0.05) is 12.1 Å². The zero-order valence-electron chi connectivity index (χ0n) is 16.7. The van der Waals surface area contributed by atoms with Gasteiger partial charge in [0.25, 0.3) is 17.7 Å². The van der Waals surface area contributed by atoms with E-state index in [9.17, 15) is 32.3 Å². The molecule has 1 N–H and O–H groups in total. The first kappa shape index (κ1) is 21.5. The summed E-state index contributed by atoms with van der Waals surface area (Å²) in [6.45, 7) is 0.101. The number of hydrogen-bond donors (Lipinski definition) is 1. The molecule has 166 valence electrons.